The summed E-state index contributed by atoms with van der Waals surface area (Å²) in [7, 11) is -1.88. The minimum atomic E-state index is -4.34. The average Bonchev–Trinajstić information content (AvgIpc) is 2.97. The maximum absolute atomic E-state index is 13.2. The van der Waals surface area contributed by atoms with Crippen molar-refractivity contribution in [2.45, 2.75) is 43.4 Å². The number of esters is 1. The lowest BCUT2D eigenvalue weighted by atomic mass is 10.0. The summed E-state index contributed by atoms with van der Waals surface area (Å²) >= 11 is 1.20. The van der Waals surface area contributed by atoms with Gasteiger partial charge in [-0.15, -0.1) is 11.8 Å². The molecule has 0 saturated carbocycles. The first-order valence-electron chi connectivity index (χ1n) is 13.0. The highest BCUT2D eigenvalue weighted by molar-refractivity contribution is 8.00. The number of aryl methyl sites for hydroxylation is 1. The summed E-state index contributed by atoms with van der Waals surface area (Å²) in [6.45, 7) is 3.55. The highest BCUT2D eigenvalue weighted by atomic mass is 32.2. The van der Waals surface area contributed by atoms with Gasteiger partial charge in [0.15, 0.2) is 0 Å². The second kappa shape index (κ2) is 15.1. The van der Waals surface area contributed by atoms with E-state index in [0.717, 1.165) is 17.6 Å². The number of carbonyl (C=O) groups is 5. The Morgan fingerprint density at radius 2 is 1.82 bits per heavy atom. The number of fused-ring (bicyclic) bond motifs is 1. The molecular formula is C26H31N3O13S2. The minimum absolute atomic E-state index is 0.0251. The molecule has 1 saturated heterocycles. The van der Waals surface area contributed by atoms with E-state index in [-0.39, 0.29) is 29.6 Å². The van der Waals surface area contributed by atoms with Gasteiger partial charge in [0.25, 0.3) is 21.9 Å². The normalized spacial score (nSPS) is 18.9. The number of carbonyl (C=O) groups excluding carboxylic acids is 5. The second-order valence-electron chi connectivity index (χ2n) is 9.09. The summed E-state index contributed by atoms with van der Waals surface area (Å²) in [4.78, 5) is 69.0. The molecule has 16 nitrogen and oxygen atoms in total. The quantitative estimate of drug-likeness (QED) is 0.0555. The lowest BCUT2D eigenvalue weighted by Crippen LogP contribution is -2.71. The number of thioether (sulfide) groups is 1. The minimum Gasteiger partial charge on any atom is -0.435 e. The molecule has 2 heterocycles. The molecule has 0 bridgehead atoms. The summed E-state index contributed by atoms with van der Waals surface area (Å²) in [5, 5.41) is 4.97. The van der Waals surface area contributed by atoms with Crippen LogP contribution >= 0.6 is 11.8 Å². The molecule has 1 N–H and O–H groups in total. The number of nitrogens with zero attached hydrogens (tertiary/aromatic N) is 2. The van der Waals surface area contributed by atoms with E-state index in [2.05, 4.69) is 20.0 Å². The van der Waals surface area contributed by atoms with Crippen molar-refractivity contribution in [2.75, 3.05) is 39.8 Å². The third kappa shape index (κ3) is 8.13. The second-order valence-corrected chi connectivity index (χ2v) is 11.8. The predicted octanol–water partition coefficient (Wildman–Crippen LogP) is 0.635. The summed E-state index contributed by atoms with van der Waals surface area (Å²) in [6, 6.07) is 4.47. The highest BCUT2D eigenvalue weighted by Crippen LogP contribution is 2.40. The summed E-state index contributed by atoms with van der Waals surface area (Å²) in [6.07, 6.45) is -2.41. The van der Waals surface area contributed by atoms with Gasteiger partial charge in [-0.3, -0.25) is 23.5 Å². The molecule has 240 valence electrons. The molecule has 3 rings (SSSR count). The van der Waals surface area contributed by atoms with Crippen LogP contribution in [0.1, 0.15) is 19.4 Å². The van der Waals surface area contributed by atoms with Gasteiger partial charge in [0.05, 0.1) is 18.1 Å². The van der Waals surface area contributed by atoms with Crippen molar-refractivity contribution < 1.29 is 60.4 Å². The summed E-state index contributed by atoms with van der Waals surface area (Å²) in [5.74, 6) is -3.78. The van der Waals surface area contributed by atoms with Crippen molar-refractivity contribution in [1.29, 1.82) is 0 Å². The number of oxime groups is 1. The fourth-order valence-corrected chi connectivity index (χ4v) is 6.16. The number of hydrogen-bond donors (Lipinski definition) is 1. The Labute approximate surface area is 257 Å². The van der Waals surface area contributed by atoms with E-state index < -0.39 is 69.9 Å². The molecular weight excluding hydrogens is 626 g/mol. The van der Waals surface area contributed by atoms with E-state index in [0.29, 0.717) is 5.57 Å². The molecule has 44 heavy (non-hydrogen) atoms. The molecule has 1 aromatic carbocycles. The SMILES string of the molecule is CCOC(=O)OC(C)OC(=O)C1=C(COC)CS[C@@H]2C(NC(=O)C(=NOC)C(=O)COS(=O)(=O)c3ccc(C)cc3)C(=O)N12. The monoisotopic (exact) mass is 657 g/mol. The standard InChI is InChI=1S/C26H31N3O13S2/c1-6-39-26(34)42-15(3)41-25(33)21-16(11-37-4)13-43-24-20(23(32)29(21)24)27-22(31)19(28-38-5)18(30)12-40-44(35,36)17-9-7-14(2)8-10-17/h7-10,15,20,24H,6,11-13H2,1-5H3,(H,27,31)/t15?,20?,24-/m1/s1. The molecule has 1 aromatic rings. The van der Waals surface area contributed by atoms with Crippen molar-refractivity contribution in [3.63, 3.8) is 0 Å². The van der Waals surface area contributed by atoms with Crippen LogP contribution < -0.4 is 5.32 Å². The Bertz CT molecular complexity index is 1460. The molecule has 2 aliphatic heterocycles. The van der Waals surface area contributed by atoms with Crippen LogP contribution in [0, 0.1) is 6.92 Å². The Morgan fingerprint density at radius 3 is 2.43 bits per heavy atom. The average molecular weight is 658 g/mol. The van der Waals surface area contributed by atoms with Crippen LogP contribution in [0.5, 0.6) is 0 Å². The van der Waals surface area contributed by atoms with Crippen LogP contribution in [0.25, 0.3) is 0 Å². The molecule has 3 atom stereocenters. The summed E-state index contributed by atoms with van der Waals surface area (Å²) in [5.41, 5.74) is 0.211. The Hall–Kier alpha value is -4.00. The largest absolute Gasteiger partial charge is 0.511 e. The van der Waals surface area contributed by atoms with Gasteiger partial charge in [-0.1, -0.05) is 22.9 Å². The maximum Gasteiger partial charge on any atom is 0.511 e. The number of ketones is 1. The lowest BCUT2D eigenvalue weighted by Gasteiger charge is -2.49. The van der Waals surface area contributed by atoms with E-state index in [1.807, 2.05) is 0 Å². The van der Waals surface area contributed by atoms with Crippen LogP contribution in [-0.4, -0.2) is 106 Å². The fraction of sp³-hybridized carbons (Fsp3) is 0.462. The first-order valence-corrected chi connectivity index (χ1v) is 15.4. The highest BCUT2D eigenvalue weighted by Gasteiger charge is 2.55. The molecule has 0 aliphatic carbocycles. The zero-order valence-electron chi connectivity index (χ0n) is 24.4. The number of amides is 2. The van der Waals surface area contributed by atoms with Crippen molar-refractivity contribution >= 4 is 57.3 Å². The first kappa shape index (κ1) is 34.5. The molecule has 2 unspecified atom stereocenters. The van der Waals surface area contributed by atoms with Crippen LogP contribution in [-0.2, 0) is 57.3 Å². The summed E-state index contributed by atoms with van der Waals surface area (Å²) < 4.78 is 49.6. The van der Waals surface area contributed by atoms with E-state index in [1.165, 1.54) is 37.9 Å². The molecule has 0 radical (unpaired) electrons. The van der Waals surface area contributed by atoms with Gasteiger partial charge < -0.3 is 29.1 Å². The van der Waals surface area contributed by atoms with Gasteiger partial charge >= 0.3 is 12.1 Å². The van der Waals surface area contributed by atoms with Gasteiger partial charge in [0.2, 0.25) is 17.8 Å². The Balaban J connectivity index is 1.70. The third-order valence-electron chi connectivity index (χ3n) is 5.96. The predicted molar refractivity (Wildman–Crippen MR) is 151 cm³/mol. The van der Waals surface area contributed by atoms with E-state index in [9.17, 15) is 32.4 Å². The van der Waals surface area contributed by atoms with Crippen molar-refractivity contribution in [3.05, 3.63) is 41.1 Å². The number of nitrogens with one attached hydrogen (secondary N) is 1. The molecule has 2 amide bonds. The van der Waals surface area contributed by atoms with Crippen LogP contribution in [0.4, 0.5) is 4.79 Å². The fourth-order valence-electron chi connectivity index (χ4n) is 3.97. The number of methoxy groups -OCH3 is 1. The first-order chi connectivity index (χ1) is 20.8. The number of Topliss-reactive ketones (excluding diaryl/α,β-unsaturated/α-hetero) is 1. The number of benzene rings is 1. The van der Waals surface area contributed by atoms with Crippen molar-refractivity contribution in [2.24, 2.45) is 5.16 Å². The number of β-lactam (4-membered cyclic amide) rings is 1. The van der Waals surface area contributed by atoms with Gasteiger partial charge in [-0.05, 0) is 31.6 Å². The van der Waals surface area contributed by atoms with E-state index in [4.69, 9.17) is 18.4 Å². The van der Waals surface area contributed by atoms with Crippen molar-refractivity contribution in [1.82, 2.24) is 10.2 Å². The third-order valence-corrected chi connectivity index (χ3v) is 8.58. The van der Waals surface area contributed by atoms with Gasteiger partial charge in [0.1, 0.15) is 30.8 Å². The molecule has 18 heteroatoms. The molecule has 1 fully saturated rings. The molecule has 0 aromatic heterocycles. The Morgan fingerprint density at radius 1 is 1.14 bits per heavy atom. The van der Waals surface area contributed by atoms with Gasteiger partial charge in [0, 0.05) is 19.8 Å². The van der Waals surface area contributed by atoms with Gasteiger partial charge in [-0.2, -0.15) is 8.42 Å². The smallest absolute Gasteiger partial charge is 0.435 e. The topological polar surface area (TPSA) is 202 Å². The number of hydrogen-bond acceptors (Lipinski definition) is 15. The van der Waals surface area contributed by atoms with E-state index >= 15 is 0 Å². The zero-order chi connectivity index (χ0) is 32.6. The zero-order valence-corrected chi connectivity index (χ0v) is 26.0. The van der Waals surface area contributed by atoms with Crippen LogP contribution in [0.15, 0.2) is 45.6 Å². The number of rotatable bonds is 14. The molecule has 2 aliphatic rings. The van der Waals surface area contributed by atoms with Crippen LogP contribution in [0.3, 0.4) is 0 Å². The van der Waals surface area contributed by atoms with Crippen LogP contribution in [0.2, 0.25) is 0 Å². The van der Waals surface area contributed by atoms with Gasteiger partial charge in [-0.25, -0.2) is 9.59 Å². The lowest BCUT2D eigenvalue weighted by molar-refractivity contribution is -0.169. The number of ether oxygens (including phenoxy) is 4. The molecule has 0 spiro atoms. The maximum atomic E-state index is 13.2. The van der Waals surface area contributed by atoms with Crippen molar-refractivity contribution in [3.8, 4) is 0 Å². The van der Waals surface area contributed by atoms with E-state index in [1.54, 1.807) is 26.0 Å². The Kier molecular flexibility index (Phi) is 11.9.